The minimum atomic E-state index is 0.0459. The summed E-state index contributed by atoms with van der Waals surface area (Å²) in [6.07, 6.45) is 4.66. The maximum atomic E-state index is 9.52. The first-order chi connectivity index (χ1) is 8.76. The molecule has 18 heavy (non-hydrogen) atoms. The number of aliphatic hydroxyl groups excluding tert-OH is 2. The lowest BCUT2D eigenvalue weighted by Crippen LogP contribution is -2.37. The van der Waals surface area contributed by atoms with Gasteiger partial charge in [-0.05, 0) is 30.5 Å². The van der Waals surface area contributed by atoms with Crippen LogP contribution in [0.2, 0.25) is 0 Å². The summed E-state index contributed by atoms with van der Waals surface area (Å²) in [6, 6.07) is 6.24. The van der Waals surface area contributed by atoms with Gasteiger partial charge in [0, 0.05) is 16.7 Å². The Bertz CT molecular complexity index is 397. The summed E-state index contributed by atoms with van der Waals surface area (Å²) in [5.41, 5.74) is 2.02. The van der Waals surface area contributed by atoms with Gasteiger partial charge in [0.2, 0.25) is 0 Å². The first kappa shape index (κ1) is 13.8. The molecule has 1 heterocycles. The molecule has 1 aromatic carbocycles. The topological polar surface area (TPSA) is 43.7 Å². The fourth-order valence-corrected chi connectivity index (χ4v) is 3.04. The molecule has 2 rings (SSSR count). The Hall–Kier alpha value is -0.580. The molecule has 0 radical (unpaired) electrons. The van der Waals surface area contributed by atoms with Gasteiger partial charge < -0.3 is 15.1 Å². The average molecular weight is 314 g/mol. The van der Waals surface area contributed by atoms with Crippen molar-refractivity contribution in [1.82, 2.24) is 0 Å². The molecule has 0 saturated carbocycles. The highest BCUT2D eigenvalue weighted by molar-refractivity contribution is 9.10. The van der Waals surface area contributed by atoms with Crippen molar-refractivity contribution in [1.29, 1.82) is 0 Å². The molecule has 0 aromatic heterocycles. The third-order valence-electron chi connectivity index (χ3n) is 3.63. The monoisotopic (exact) mass is 313 g/mol. The molecule has 1 aliphatic rings. The third-order valence-corrected chi connectivity index (χ3v) is 4.36. The minimum absolute atomic E-state index is 0.0459. The molecule has 3 nitrogen and oxygen atoms in total. The standard InChI is InChI=1S/C14H20BrNO2/c15-14-8-12(6-5-11(14)9-17)16-7-3-1-2-4-13(16)10-18/h5-6,8,13,17-18H,1-4,7,9-10H2. The van der Waals surface area contributed by atoms with E-state index in [1.807, 2.05) is 18.2 Å². The molecule has 1 saturated heterocycles. The number of nitrogens with zero attached hydrogens (tertiary/aromatic N) is 1. The van der Waals surface area contributed by atoms with Crippen LogP contribution in [-0.2, 0) is 6.61 Å². The van der Waals surface area contributed by atoms with Crippen molar-refractivity contribution in [2.45, 2.75) is 38.3 Å². The minimum Gasteiger partial charge on any atom is -0.394 e. The average Bonchev–Trinajstić information content (AvgIpc) is 2.63. The van der Waals surface area contributed by atoms with E-state index in [1.165, 1.54) is 19.3 Å². The lowest BCUT2D eigenvalue weighted by molar-refractivity contribution is 0.255. The molecule has 1 fully saturated rings. The van der Waals surface area contributed by atoms with E-state index in [4.69, 9.17) is 0 Å². The Morgan fingerprint density at radius 3 is 2.72 bits per heavy atom. The highest BCUT2D eigenvalue weighted by Crippen LogP contribution is 2.28. The zero-order chi connectivity index (χ0) is 13.0. The van der Waals surface area contributed by atoms with Crippen molar-refractivity contribution in [3.63, 3.8) is 0 Å². The highest BCUT2D eigenvalue weighted by Gasteiger charge is 2.20. The summed E-state index contributed by atoms with van der Waals surface area (Å²) in [5, 5.41) is 18.7. The molecule has 1 atom stereocenters. The van der Waals surface area contributed by atoms with Crippen LogP contribution in [0.5, 0.6) is 0 Å². The molecule has 0 aliphatic carbocycles. The van der Waals surface area contributed by atoms with Crippen LogP contribution in [0.3, 0.4) is 0 Å². The van der Waals surface area contributed by atoms with Crippen LogP contribution in [0, 0.1) is 0 Å². The maximum absolute atomic E-state index is 9.52. The van der Waals surface area contributed by atoms with Gasteiger partial charge in [0.25, 0.3) is 0 Å². The van der Waals surface area contributed by atoms with E-state index in [-0.39, 0.29) is 19.3 Å². The number of hydrogen-bond donors (Lipinski definition) is 2. The molecular weight excluding hydrogens is 294 g/mol. The highest BCUT2D eigenvalue weighted by atomic mass is 79.9. The van der Waals surface area contributed by atoms with Gasteiger partial charge in [-0.25, -0.2) is 0 Å². The van der Waals surface area contributed by atoms with Gasteiger partial charge in [-0.15, -0.1) is 0 Å². The predicted octanol–water partition coefficient (Wildman–Crippen LogP) is 2.68. The van der Waals surface area contributed by atoms with Crippen molar-refractivity contribution >= 4 is 21.6 Å². The lowest BCUT2D eigenvalue weighted by Gasteiger charge is -2.31. The molecule has 100 valence electrons. The Labute approximate surface area is 117 Å². The lowest BCUT2D eigenvalue weighted by atomic mass is 10.1. The van der Waals surface area contributed by atoms with Crippen LogP contribution >= 0.6 is 15.9 Å². The van der Waals surface area contributed by atoms with Crippen LogP contribution in [-0.4, -0.2) is 29.4 Å². The summed E-state index contributed by atoms with van der Waals surface area (Å²) in [4.78, 5) is 2.29. The summed E-state index contributed by atoms with van der Waals surface area (Å²) in [5.74, 6) is 0. The summed E-state index contributed by atoms with van der Waals surface area (Å²) >= 11 is 3.49. The van der Waals surface area contributed by atoms with Crippen LogP contribution in [0.4, 0.5) is 5.69 Å². The molecule has 1 unspecified atom stereocenters. The summed E-state index contributed by atoms with van der Waals surface area (Å²) < 4.78 is 0.934. The van der Waals surface area contributed by atoms with Crippen molar-refractivity contribution in [3.8, 4) is 0 Å². The van der Waals surface area contributed by atoms with E-state index in [1.54, 1.807) is 0 Å². The summed E-state index contributed by atoms with van der Waals surface area (Å²) in [7, 11) is 0. The molecule has 4 heteroatoms. The van der Waals surface area contributed by atoms with Gasteiger partial charge in [0.15, 0.2) is 0 Å². The van der Waals surface area contributed by atoms with Crippen LogP contribution in [0.1, 0.15) is 31.2 Å². The number of aliphatic hydroxyl groups is 2. The predicted molar refractivity (Wildman–Crippen MR) is 76.8 cm³/mol. The van der Waals surface area contributed by atoms with Gasteiger partial charge in [0.1, 0.15) is 0 Å². The van der Waals surface area contributed by atoms with E-state index in [0.29, 0.717) is 0 Å². The largest absolute Gasteiger partial charge is 0.394 e. The second-order valence-corrected chi connectivity index (χ2v) is 5.67. The molecular formula is C14H20BrNO2. The van der Waals surface area contributed by atoms with Gasteiger partial charge in [-0.2, -0.15) is 0 Å². The fraction of sp³-hybridized carbons (Fsp3) is 0.571. The van der Waals surface area contributed by atoms with E-state index in [2.05, 4.69) is 20.8 Å². The zero-order valence-corrected chi connectivity index (χ0v) is 12.1. The van der Waals surface area contributed by atoms with Crippen molar-refractivity contribution in [2.75, 3.05) is 18.1 Å². The molecule has 0 spiro atoms. The SMILES string of the molecule is OCc1ccc(N2CCCCCC2CO)cc1Br. The number of benzene rings is 1. The normalized spacial score (nSPS) is 20.8. The number of rotatable bonds is 3. The van der Waals surface area contributed by atoms with E-state index in [0.717, 1.165) is 28.7 Å². The Morgan fingerprint density at radius 2 is 2.06 bits per heavy atom. The second kappa shape index (κ2) is 6.55. The van der Waals surface area contributed by atoms with Crippen molar-refractivity contribution < 1.29 is 10.2 Å². The van der Waals surface area contributed by atoms with E-state index < -0.39 is 0 Å². The maximum Gasteiger partial charge on any atom is 0.0692 e. The van der Waals surface area contributed by atoms with Gasteiger partial charge in [-0.1, -0.05) is 34.8 Å². The van der Waals surface area contributed by atoms with Crippen LogP contribution < -0.4 is 4.90 Å². The van der Waals surface area contributed by atoms with Gasteiger partial charge in [-0.3, -0.25) is 0 Å². The zero-order valence-electron chi connectivity index (χ0n) is 10.5. The van der Waals surface area contributed by atoms with Gasteiger partial charge in [0.05, 0.1) is 19.3 Å². The van der Waals surface area contributed by atoms with Crippen LogP contribution in [0.15, 0.2) is 22.7 Å². The summed E-state index contributed by atoms with van der Waals surface area (Å²) in [6.45, 7) is 1.25. The van der Waals surface area contributed by atoms with Crippen molar-refractivity contribution in [2.24, 2.45) is 0 Å². The molecule has 1 aliphatic heterocycles. The van der Waals surface area contributed by atoms with Gasteiger partial charge >= 0.3 is 0 Å². The smallest absolute Gasteiger partial charge is 0.0692 e. The van der Waals surface area contributed by atoms with Crippen molar-refractivity contribution in [3.05, 3.63) is 28.2 Å². The third kappa shape index (κ3) is 3.05. The number of hydrogen-bond acceptors (Lipinski definition) is 3. The molecule has 0 bridgehead atoms. The Morgan fingerprint density at radius 1 is 1.22 bits per heavy atom. The molecule has 0 amide bonds. The second-order valence-electron chi connectivity index (χ2n) is 4.81. The van der Waals surface area contributed by atoms with Crippen LogP contribution in [0.25, 0.3) is 0 Å². The molecule has 1 aromatic rings. The first-order valence-electron chi connectivity index (χ1n) is 6.53. The van der Waals surface area contributed by atoms with E-state index >= 15 is 0 Å². The Kier molecular flexibility index (Phi) is 5.03. The Balaban J connectivity index is 2.24. The van der Waals surface area contributed by atoms with E-state index in [9.17, 15) is 10.2 Å². The first-order valence-corrected chi connectivity index (χ1v) is 7.32. The number of anilines is 1. The number of halogens is 1. The fourth-order valence-electron chi connectivity index (χ4n) is 2.55. The molecule has 2 N–H and O–H groups in total. The quantitative estimate of drug-likeness (QED) is 0.901.